The van der Waals surface area contributed by atoms with Crippen molar-refractivity contribution in [3.8, 4) is 6.07 Å². The highest BCUT2D eigenvalue weighted by Gasteiger charge is 2.36. The Morgan fingerprint density at radius 2 is 2.06 bits per heavy atom. The minimum Gasteiger partial charge on any atom is -0.389 e. The van der Waals surface area contributed by atoms with Gasteiger partial charge in [-0.15, -0.1) is 0 Å². The van der Waals surface area contributed by atoms with E-state index in [1.54, 1.807) is 0 Å². The zero-order valence-corrected chi connectivity index (χ0v) is 10.2. The van der Waals surface area contributed by atoms with E-state index in [-0.39, 0.29) is 5.92 Å². The molecule has 3 atom stereocenters. The highest BCUT2D eigenvalue weighted by Crippen LogP contribution is 2.31. The van der Waals surface area contributed by atoms with Gasteiger partial charge in [-0.2, -0.15) is 5.26 Å². The van der Waals surface area contributed by atoms with E-state index < -0.39 is 5.60 Å². The van der Waals surface area contributed by atoms with E-state index in [1.807, 2.05) is 6.92 Å². The monoisotopic (exact) mass is 222 g/mol. The third-order valence-corrected chi connectivity index (χ3v) is 4.07. The molecule has 3 unspecified atom stereocenters. The van der Waals surface area contributed by atoms with Gasteiger partial charge < -0.3 is 5.11 Å². The van der Waals surface area contributed by atoms with Crippen molar-refractivity contribution in [2.75, 3.05) is 13.1 Å². The molecule has 0 aromatic heterocycles. The van der Waals surface area contributed by atoms with Crippen LogP contribution in [-0.2, 0) is 0 Å². The Balaban J connectivity index is 2.02. The van der Waals surface area contributed by atoms with Gasteiger partial charge in [0.15, 0.2) is 0 Å². The van der Waals surface area contributed by atoms with Gasteiger partial charge in [0.1, 0.15) is 0 Å². The van der Waals surface area contributed by atoms with Gasteiger partial charge >= 0.3 is 0 Å². The van der Waals surface area contributed by atoms with Crippen molar-refractivity contribution in [3.63, 3.8) is 0 Å². The molecule has 3 nitrogen and oxygen atoms in total. The molecular formula is C13H22N2O. The molecule has 1 saturated heterocycles. The minimum atomic E-state index is -0.546. The number of piperidine rings is 1. The molecule has 2 rings (SSSR count). The van der Waals surface area contributed by atoms with Crippen LogP contribution >= 0.6 is 0 Å². The summed E-state index contributed by atoms with van der Waals surface area (Å²) in [5, 5.41) is 19.3. The van der Waals surface area contributed by atoms with Gasteiger partial charge in [0.2, 0.25) is 0 Å². The molecule has 1 saturated carbocycles. The van der Waals surface area contributed by atoms with Crippen molar-refractivity contribution in [3.05, 3.63) is 0 Å². The summed E-state index contributed by atoms with van der Waals surface area (Å²) in [4.78, 5) is 2.36. The number of nitrogens with zero attached hydrogens (tertiary/aromatic N) is 2. The van der Waals surface area contributed by atoms with Gasteiger partial charge in [0.05, 0.1) is 17.6 Å². The molecule has 0 aromatic carbocycles. The van der Waals surface area contributed by atoms with Crippen molar-refractivity contribution in [2.24, 2.45) is 5.92 Å². The summed E-state index contributed by atoms with van der Waals surface area (Å²) < 4.78 is 0. The summed E-state index contributed by atoms with van der Waals surface area (Å²) in [6, 6.07) is 2.85. The maximum Gasteiger partial charge on any atom is 0.0746 e. The Hall–Kier alpha value is -0.590. The van der Waals surface area contributed by atoms with Crippen LogP contribution < -0.4 is 0 Å². The van der Waals surface area contributed by atoms with E-state index in [1.165, 1.54) is 12.8 Å². The van der Waals surface area contributed by atoms with Crippen molar-refractivity contribution in [2.45, 2.75) is 57.1 Å². The van der Waals surface area contributed by atoms with Crippen LogP contribution in [0.1, 0.15) is 45.4 Å². The van der Waals surface area contributed by atoms with Gasteiger partial charge in [-0.3, -0.25) is 4.90 Å². The zero-order chi connectivity index (χ0) is 11.6. The van der Waals surface area contributed by atoms with Crippen molar-refractivity contribution >= 4 is 0 Å². The highest BCUT2D eigenvalue weighted by atomic mass is 16.3. The molecular weight excluding hydrogens is 200 g/mol. The van der Waals surface area contributed by atoms with Crippen molar-refractivity contribution < 1.29 is 5.11 Å². The number of hydrogen-bond donors (Lipinski definition) is 1. The molecule has 0 bridgehead atoms. The second-order valence-corrected chi connectivity index (χ2v) is 5.66. The van der Waals surface area contributed by atoms with Crippen LogP contribution in [-0.4, -0.2) is 34.7 Å². The first-order valence-electron chi connectivity index (χ1n) is 6.48. The van der Waals surface area contributed by atoms with E-state index in [2.05, 4.69) is 11.0 Å². The standard InChI is InChI=1S/C13H22N2O/c1-13(16)7-4-8-15(10-13)12-6-3-2-5-11(12)9-14/h11-12,16H,2-8,10H2,1H3. The normalized spacial score (nSPS) is 41.6. The quantitative estimate of drug-likeness (QED) is 0.737. The Labute approximate surface area is 98.1 Å². The Kier molecular flexibility index (Phi) is 3.51. The Morgan fingerprint density at radius 1 is 1.31 bits per heavy atom. The molecule has 1 aliphatic carbocycles. The predicted octanol–water partition coefficient (Wildman–Crippen LogP) is 1.92. The second kappa shape index (κ2) is 4.73. The summed E-state index contributed by atoms with van der Waals surface area (Å²) in [6.45, 7) is 3.72. The summed E-state index contributed by atoms with van der Waals surface area (Å²) in [5.74, 6) is 0.183. The van der Waals surface area contributed by atoms with Gasteiger partial charge in [-0.1, -0.05) is 12.8 Å². The maximum atomic E-state index is 10.1. The van der Waals surface area contributed by atoms with Crippen LogP contribution in [0.15, 0.2) is 0 Å². The molecule has 16 heavy (non-hydrogen) atoms. The molecule has 90 valence electrons. The van der Waals surface area contributed by atoms with Crippen LogP contribution in [0, 0.1) is 17.2 Å². The number of β-amino-alcohol motifs (C(OH)–C–C–N with tert-alkyl or cyclic N) is 1. The van der Waals surface area contributed by atoms with Crippen LogP contribution in [0.25, 0.3) is 0 Å². The molecule has 2 fully saturated rings. The third-order valence-electron chi connectivity index (χ3n) is 4.07. The fourth-order valence-corrected chi connectivity index (χ4v) is 3.24. The van der Waals surface area contributed by atoms with E-state index in [4.69, 9.17) is 0 Å². The molecule has 3 heteroatoms. The summed E-state index contributed by atoms with van der Waals surface area (Å²) in [7, 11) is 0. The first-order valence-corrected chi connectivity index (χ1v) is 6.48. The number of rotatable bonds is 1. The molecule has 0 spiro atoms. The fraction of sp³-hybridized carbons (Fsp3) is 0.923. The van der Waals surface area contributed by atoms with Crippen LogP contribution in [0.2, 0.25) is 0 Å². The topological polar surface area (TPSA) is 47.3 Å². The molecule has 1 N–H and O–H groups in total. The first-order chi connectivity index (χ1) is 7.62. The lowest BCUT2D eigenvalue weighted by Crippen LogP contribution is -2.52. The Morgan fingerprint density at radius 3 is 2.75 bits per heavy atom. The lowest BCUT2D eigenvalue weighted by atomic mass is 9.82. The lowest BCUT2D eigenvalue weighted by molar-refractivity contribution is -0.0405. The molecule has 2 aliphatic rings. The number of aliphatic hydroxyl groups is 1. The largest absolute Gasteiger partial charge is 0.389 e. The summed E-state index contributed by atoms with van der Waals surface area (Å²) in [5.41, 5.74) is -0.546. The van der Waals surface area contributed by atoms with Crippen LogP contribution in [0.4, 0.5) is 0 Å². The van der Waals surface area contributed by atoms with Gasteiger partial charge in [-0.05, 0) is 39.2 Å². The molecule has 0 aromatic rings. The summed E-state index contributed by atoms with van der Waals surface area (Å²) >= 11 is 0. The molecule has 1 aliphatic heterocycles. The average Bonchev–Trinajstić information content (AvgIpc) is 2.27. The third kappa shape index (κ3) is 2.56. The lowest BCUT2D eigenvalue weighted by Gasteiger charge is -2.44. The number of hydrogen-bond acceptors (Lipinski definition) is 3. The molecule has 1 heterocycles. The van der Waals surface area contributed by atoms with Gasteiger partial charge in [0, 0.05) is 12.6 Å². The van der Waals surface area contributed by atoms with E-state index in [0.29, 0.717) is 6.04 Å². The molecule has 0 amide bonds. The molecule has 0 radical (unpaired) electrons. The van der Waals surface area contributed by atoms with Crippen molar-refractivity contribution in [1.29, 1.82) is 5.26 Å². The van der Waals surface area contributed by atoms with E-state index >= 15 is 0 Å². The van der Waals surface area contributed by atoms with Crippen LogP contribution in [0.3, 0.4) is 0 Å². The van der Waals surface area contributed by atoms with Gasteiger partial charge in [-0.25, -0.2) is 0 Å². The average molecular weight is 222 g/mol. The fourth-order valence-electron chi connectivity index (χ4n) is 3.24. The maximum absolute atomic E-state index is 10.1. The Bertz CT molecular complexity index is 282. The van der Waals surface area contributed by atoms with E-state index in [9.17, 15) is 10.4 Å². The number of nitriles is 1. The van der Waals surface area contributed by atoms with Gasteiger partial charge in [0.25, 0.3) is 0 Å². The first kappa shape index (κ1) is 11.9. The predicted molar refractivity (Wildman–Crippen MR) is 62.8 cm³/mol. The highest BCUT2D eigenvalue weighted by molar-refractivity contribution is 4.98. The number of likely N-dealkylation sites (tertiary alicyclic amines) is 1. The van der Waals surface area contributed by atoms with Crippen LogP contribution in [0.5, 0.6) is 0 Å². The smallest absolute Gasteiger partial charge is 0.0746 e. The minimum absolute atomic E-state index is 0.183. The van der Waals surface area contributed by atoms with E-state index in [0.717, 1.165) is 38.8 Å². The second-order valence-electron chi connectivity index (χ2n) is 5.66. The van der Waals surface area contributed by atoms with Crippen molar-refractivity contribution in [1.82, 2.24) is 4.90 Å². The SMILES string of the molecule is CC1(O)CCCN(C2CCCCC2C#N)C1. The zero-order valence-electron chi connectivity index (χ0n) is 10.2. The summed E-state index contributed by atoms with van der Waals surface area (Å²) in [6.07, 6.45) is 6.56.